The lowest BCUT2D eigenvalue weighted by Gasteiger charge is -2.29. The summed E-state index contributed by atoms with van der Waals surface area (Å²) in [6, 6.07) is 5.63. The van der Waals surface area contributed by atoms with Crippen LogP contribution in [0.5, 0.6) is 5.88 Å². The van der Waals surface area contributed by atoms with E-state index in [-0.39, 0.29) is 18.1 Å². The highest BCUT2D eigenvalue weighted by atomic mass is 32.1. The molecule has 7 heteroatoms. The minimum atomic E-state index is -0.0341. The monoisotopic (exact) mass is 342 g/mol. The van der Waals surface area contributed by atoms with Gasteiger partial charge in [0.05, 0.1) is 16.8 Å². The highest BCUT2D eigenvalue weighted by Gasteiger charge is 2.25. The summed E-state index contributed by atoms with van der Waals surface area (Å²) in [7, 11) is 0. The number of nitrogens with one attached hydrogen (secondary N) is 1. The smallest absolute Gasteiger partial charge is 0.263 e. The van der Waals surface area contributed by atoms with E-state index in [2.05, 4.69) is 15.3 Å². The summed E-state index contributed by atoms with van der Waals surface area (Å²) < 4.78 is 5.86. The number of amides is 1. The van der Waals surface area contributed by atoms with Crippen LogP contribution in [0.25, 0.3) is 0 Å². The summed E-state index contributed by atoms with van der Waals surface area (Å²) in [6.45, 7) is 1.85. The van der Waals surface area contributed by atoms with Crippen molar-refractivity contribution in [1.82, 2.24) is 15.3 Å². The first-order valence-electron chi connectivity index (χ1n) is 7.89. The van der Waals surface area contributed by atoms with Gasteiger partial charge in [-0.05, 0) is 38.7 Å². The van der Waals surface area contributed by atoms with Gasteiger partial charge in [-0.15, -0.1) is 11.3 Å². The molecule has 2 aromatic rings. The number of aromatic nitrogens is 2. The lowest BCUT2D eigenvalue weighted by Crippen LogP contribution is -2.39. The molecule has 0 bridgehead atoms. The number of nitrogens with zero attached hydrogens (tertiary/aromatic N) is 3. The molecule has 124 valence electrons. The summed E-state index contributed by atoms with van der Waals surface area (Å²) in [5.41, 5.74) is 2.99. The molecule has 1 aliphatic carbocycles. The van der Waals surface area contributed by atoms with Crippen molar-refractivity contribution in [3.05, 3.63) is 40.0 Å². The largest absolute Gasteiger partial charge is 0.474 e. The molecule has 0 saturated heterocycles. The number of thiazole rings is 1. The van der Waals surface area contributed by atoms with E-state index in [1.54, 1.807) is 17.6 Å². The van der Waals surface area contributed by atoms with Crippen LogP contribution in [0.1, 0.15) is 46.6 Å². The topological polar surface area (TPSA) is 87.9 Å². The van der Waals surface area contributed by atoms with Gasteiger partial charge in [-0.3, -0.25) is 4.79 Å². The van der Waals surface area contributed by atoms with E-state index in [4.69, 9.17) is 10.00 Å². The molecule has 24 heavy (non-hydrogen) atoms. The van der Waals surface area contributed by atoms with Crippen LogP contribution in [0.3, 0.4) is 0 Å². The van der Waals surface area contributed by atoms with Crippen LogP contribution in [0.15, 0.2) is 23.8 Å². The molecule has 0 atom stereocenters. The standard InChI is InChI=1S/C17H18N4O2S/c1-11-16(24-10-20-11)17(22)21-13-3-5-14(6-4-13)23-15-7-2-12(8-18)9-19-15/h2,7,9-10,13-14H,3-6H2,1H3,(H,21,22). The van der Waals surface area contributed by atoms with Gasteiger partial charge < -0.3 is 10.1 Å². The number of aryl methyl sites for hydroxylation is 1. The molecule has 2 aromatic heterocycles. The Balaban J connectivity index is 1.48. The Labute approximate surface area is 144 Å². The number of pyridine rings is 1. The van der Waals surface area contributed by atoms with Crippen molar-refractivity contribution >= 4 is 17.2 Å². The van der Waals surface area contributed by atoms with E-state index >= 15 is 0 Å². The van der Waals surface area contributed by atoms with Gasteiger partial charge in [-0.1, -0.05) is 0 Å². The molecule has 1 fully saturated rings. The zero-order valence-electron chi connectivity index (χ0n) is 13.4. The Kier molecular flexibility index (Phi) is 5.06. The van der Waals surface area contributed by atoms with Gasteiger partial charge in [0.15, 0.2) is 0 Å². The predicted octanol–water partition coefficient (Wildman–Crippen LogP) is 2.84. The molecule has 2 heterocycles. The predicted molar refractivity (Wildman–Crippen MR) is 89.9 cm³/mol. The van der Waals surface area contributed by atoms with Crippen molar-refractivity contribution < 1.29 is 9.53 Å². The van der Waals surface area contributed by atoms with E-state index in [1.807, 2.05) is 13.0 Å². The van der Waals surface area contributed by atoms with E-state index in [1.165, 1.54) is 17.5 Å². The van der Waals surface area contributed by atoms with Crippen molar-refractivity contribution in [1.29, 1.82) is 5.26 Å². The molecule has 1 aliphatic rings. The van der Waals surface area contributed by atoms with E-state index in [0.29, 0.717) is 16.3 Å². The van der Waals surface area contributed by atoms with Gasteiger partial charge in [0, 0.05) is 18.3 Å². The van der Waals surface area contributed by atoms with Crippen LogP contribution in [0.4, 0.5) is 0 Å². The highest BCUT2D eigenvalue weighted by Crippen LogP contribution is 2.23. The molecule has 1 amide bonds. The second kappa shape index (κ2) is 7.41. The van der Waals surface area contributed by atoms with Crippen LogP contribution >= 0.6 is 11.3 Å². The third kappa shape index (κ3) is 3.89. The van der Waals surface area contributed by atoms with Gasteiger partial charge in [-0.2, -0.15) is 5.26 Å². The summed E-state index contributed by atoms with van der Waals surface area (Å²) >= 11 is 1.37. The molecule has 0 radical (unpaired) electrons. The number of carbonyl (C=O) groups excluding carboxylic acids is 1. The van der Waals surface area contributed by atoms with Gasteiger partial charge >= 0.3 is 0 Å². The maximum Gasteiger partial charge on any atom is 0.263 e. The van der Waals surface area contributed by atoms with Crippen LogP contribution in [-0.4, -0.2) is 28.0 Å². The number of hydrogen-bond acceptors (Lipinski definition) is 6. The van der Waals surface area contributed by atoms with Crippen LogP contribution in [0.2, 0.25) is 0 Å². The summed E-state index contributed by atoms with van der Waals surface area (Å²) in [5.74, 6) is 0.509. The van der Waals surface area contributed by atoms with E-state index < -0.39 is 0 Å². The molecule has 1 N–H and O–H groups in total. The summed E-state index contributed by atoms with van der Waals surface area (Å²) in [6.07, 6.45) is 5.11. The number of nitriles is 1. The number of carbonyl (C=O) groups is 1. The minimum Gasteiger partial charge on any atom is -0.474 e. The maximum atomic E-state index is 12.2. The maximum absolute atomic E-state index is 12.2. The van der Waals surface area contributed by atoms with Crippen molar-refractivity contribution in [3.63, 3.8) is 0 Å². The van der Waals surface area contributed by atoms with Crippen LogP contribution in [0, 0.1) is 18.3 Å². The van der Waals surface area contributed by atoms with Crippen LogP contribution < -0.4 is 10.1 Å². The summed E-state index contributed by atoms with van der Waals surface area (Å²) in [4.78, 5) is 21.2. The van der Waals surface area contributed by atoms with E-state index in [0.717, 1.165) is 31.4 Å². The fourth-order valence-electron chi connectivity index (χ4n) is 2.78. The molecule has 0 aromatic carbocycles. The second-order valence-corrected chi connectivity index (χ2v) is 6.68. The molecule has 6 nitrogen and oxygen atoms in total. The molecular weight excluding hydrogens is 324 g/mol. The molecule has 1 saturated carbocycles. The Morgan fingerprint density at radius 1 is 1.33 bits per heavy atom. The Morgan fingerprint density at radius 2 is 2.12 bits per heavy atom. The quantitative estimate of drug-likeness (QED) is 0.923. The molecule has 0 unspecified atom stereocenters. The first kappa shape index (κ1) is 16.4. The number of ether oxygens (including phenoxy) is 1. The zero-order chi connectivity index (χ0) is 16.9. The first-order valence-corrected chi connectivity index (χ1v) is 8.77. The first-order chi connectivity index (χ1) is 11.7. The average molecular weight is 342 g/mol. The van der Waals surface area contributed by atoms with Gasteiger partial charge in [0.1, 0.15) is 17.1 Å². The Hall–Kier alpha value is -2.46. The van der Waals surface area contributed by atoms with Crippen molar-refractivity contribution in [2.24, 2.45) is 0 Å². The fourth-order valence-corrected chi connectivity index (χ4v) is 3.49. The van der Waals surface area contributed by atoms with Gasteiger partial charge in [0.2, 0.25) is 5.88 Å². The lowest BCUT2D eigenvalue weighted by molar-refractivity contribution is 0.0893. The third-order valence-electron chi connectivity index (χ3n) is 4.11. The van der Waals surface area contributed by atoms with Crippen molar-refractivity contribution in [2.45, 2.75) is 44.8 Å². The van der Waals surface area contributed by atoms with Crippen LogP contribution in [-0.2, 0) is 0 Å². The average Bonchev–Trinajstić information content (AvgIpc) is 3.03. The minimum absolute atomic E-state index is 0.0341. The second-order valence-electron chi connectivity index (χ2n) is 5.83. The Bertz CT molecular complexity index is 743. The fraction of sp³-hybridized carbons (Fsp3) is 0.412. The molecular formula is C17H18N4O2S. The zero-order valence-corrected chi connectivity index (χ0v) is 14.2. The van der Waals surface area contributed by atoms with E-state index in [9.17, 15) is 4.79 Å². The molecule has 3 rings (SSSR count). The van der Waals surface area contributed by atoms with Crippen molar-refractivity contribution in [3.8, 4) is 11.9 Å². The molecule has 0 spiro atoms. The third-order valence-corrected chi connectivity index (χ3v) is 5.04. The highest BCUT2D eigenvalue weighted by molar-refractivity contribution is 7.11. The normalized spacial score (nSPS) is 20.2. The van der Waals surface area contributed by atoms with Gasteiger partial charge in [-0.25, -0.2) is 9.97 Å². The summed E-state index contributed by atoms with van der Waals surface area (Å²) in [5, 5.41) is 11.9. The molecule has 0 aliphatic heterocycles. The lowest BCUT2D eigenvalue weighted by atomic mass is 9.93. The number of hydrogen-bond donors (Lipinski definition) is 1. The Morgan fingerprint density at radius 3 is 2.71 bits per heavy atom. The van der Waals surface area contributed by atoms with Gasteiger partial charge in [0.25, 0.3) is 5.91 Å². The SMILES string of the molecule is Cc1ncsc1C(=O)NC1CCC(Oc2ccc(C#N)cn2)CC1. The van der Waals surface area contributed by atoms with Crippen molar-refractivity contribution in [2.75, 3.05) is 0 Å². The number of rotatable bonds is 4.